The predicted octanol–water partition coefficient (Wildman–Crippen LogP) is 1.98. The van der Waals surface area contributed by atoms with Crippen LogP contribution in [-0.2, 0) is 5.60 Å². The SMILES string of the molecule is CCC(C)C(C)(O)c1cnc(N)s1. The second-order valence-electron chi connectivity index (χ2n) is 3.52. The minimum Gasteiger partial charge on any atom is -0.384 e. The summed E-state index contributed by atoms with van der Waals surface area (Å²) in [6.45, 7) is 5.90. The molecule has 13 heavy (non-hydrogen) atoms. The predicted molar refractivity (Wildman–Crippen MR) is 55.6 cm³/mol. The van der Waals surface area contributed by atoms with Gasteiger partial charge in [0.25, 0.3) is 0 Å². The molecule has 1 aromatic rings. The molecule has 74 valence electrons. The van der Waals surface area contributed by atoms with Crippen LogP contribution in [0, 0.1) is 5.92 Å². The fourth-order valence-corrected chi connectivity index (χ4v) is 2.01. The van der Waals surface area contributed by atoms with Gasteiger partial charge in [-0.15, -0.1) is 0 Å². The molecule has 0 aliphatic carbocycles. The van der Waals surface area contributed by atoms with Crippen LogP contribution in [0.15, 0.2) is 6.20 Å². The van der Waals surface area contributed by atoms with Gasteiger partial charge in [0, 0.05) is 6.20 Å². The van der Waals surface area contributed by atoms with Gasteiger partial charge >= 0.3 is 0 Å². The van der Waals surface area contributed by atoms with Crippen molar-refractivity contribution in [3.05, 3.63) is 11.1 Å². The smallest absolute Gasteiger partial charge is 0.180 e. The van der Waals surface area contributed by atoms with E-state index in [4.69, 9.17) is 5.73 Å². The number of nitrogens with zero attached hydrogens (tertiary/aromatic N) is 1. The van der Waals surface area contributed by atoms with Crippen LogP contribution in [0.2, 0.25) is 0 Å². The van der Waals surface area contributed by atoms with Crippen LogP contribution in [0.25, 0.3) is 0 Å². The molecule has 1 rings (SSSR count). The molecular weight excluding hydrogens is 184 g/mol. The Balaban J connectivity index is 2.92. The van der Waals surface area contributed by atoms with E-state index in [0.717, 1.165) is 11.3 Å². The van der Waals surface area contributed by atoms with E-state index in [1.807, 2.05) is 13.8 Å². The molecule has 1 aromatic heterocycles. The molecule has 0 fully saturated rings. The van der Waals surface area contributed by atoms with Crippen molar-refractivity contribution in [2.75, 3.05) is 5.73 Å². The first-order valence-corrected chi connectivity index (χ1v) is 5.24. The standard InChI is InChI=1S/C9H16N2OS/c1-4-6(2)9(3,12)7-5-11-8(10)13-7/h5-6,12H,4H2,1-3H3,(H2,10,11). The number of aromatic nitrogens is 1. The van der Waals surface area contributed by atoms with E-state index in [1.165, 1.54) is 11.3 Å². The first-order chi connectivity index (χ1) is 5.98. The summed E-state index contributed by atoms with van der Waals surface area (Å²) in [6, 6.07) is 0. The molecular formula is C9H16N2OS. The van der Waals surface area contributed by atoms with Crippen LogP contribution in [0.1, 0.15) is 32.1 Å². The molecule has 3 nitrogen and oxygen atoms in total. The van der Waals surface area contributed by atoms with Crippen molar-refractivity contribution in [2.24, 2.45) is 5.92 Å². The number of anilines is 1. The maximum atomic E-state index is 10.2. The highest BCUT2D eigenvalue weighted by Gasteiger charge is 2.31. The van der Waals surface area contributed by atoms with Gasteiger partial charge in [-0.05, 0) is 12.8 Å². The lowest BCUT2D eigenvalue weighted by Gasteiger charge is -2.27. The van der Waals surface area contributed by atoms with Gasteiger partial charge in [0.15, 0.2) is 5.13 Å². The van der Waals surface area contributed by atoms with E-state index < -0.39 is 5.60 Å². The van der Waals surface area contributed by atoms with Crippen LogP contribution in [0.3, 0.4) is 0 Å². The summed E-state index contributed by atoms with van der Waals surface area (Å²) in [4.78, 5) is 4.78. The number of aliphatic hydroxyl groups is 1. The van der Waals surface area contributed by atoms with Gasteiger partial charge in [0.1, 0.15) is 5.60 Å². The first-order valence-electron chi connectivity index (χ1n) is 4.42. The number of nitrogens with two attached hydrogens (primary N) is 1. The van der Waals surface area contributed by atoms with Gasteiger partial charge < -0.3 is 10.8 Å². The molecule has 0 radical (unpaired) electrons. The number of nitrogen functional groups attached to an aromatic ring is 1. The Morgan fingerprint density at radius 2 is 2.38 bits per heavy atom. The van der Waals surface area contributed by atoms with Crippen LogP contribution < -0.4 is 5.73 Å². The Hall–Kier alpha value is -0.610. The van der Waals surface area contributed by atoms with Gasteiger partial charge in [-0.1, -0.05) is 31.6 Å². The highest BCUT2D eigenvalue weighted by molar-refractivity contribution is 7.15. The second-order valence-corrected chi connectivity index (χ2v) is 4.58. The minimum absolute atomic E-state index is 0.215. The fraction of sp³-hybridized carbons (Fsp3) is 0.667. The summed E-state index contributed by atoms with van der Waals surface area (Å²) in [7, 11) is 0. The highest BCUT2D eigenvalue weighted by Crippen LogP contribution is 2.35. The van der Waals surface area contributed by atoms with Crippen molar-refractivity contribution >= 4 is 16.5 Å². The molecule has 2 atom stereocenters. The van der Waals surface area contributed by atoms with Gasteiger partial charge in [0.05, 0.1) is 4.88 Å². The van der Waals surface area contributed by atoms with Crippen molar-refractivity contribution in [1.82, 2.24) is 4.98 Å². The van der Waals surface area contributed by atoms with E-state index in [9.17, 15) is 5.11 Å². The number of thiazole rings is 1. The maximum absolute atomic E-state index is 10.2. The number of rotatable bonds is 3. The normalized spacial score (nSPS) is 18.2. The molecule has 2 unspecified atom stereocenters. The molecule has 0 saturated heterocycles. The number of hydrogen-bond donors (Lipinski definition) is 2. The monoisotopic (exact) mass is 200 g/mol. The summed E-state index contributed by atoms with van der Waals surface area (Å²) in [5.74, 6) is 0.215. The zero-order valence-corrected chi connectivity index (χ0v) is 9.06. The van der Waals surface area contributed by atoms with Gasteiger partial charge in [-0.2, -0.15) is 0 Å². The van der Waals surface area contributed by atoms with Crippen molar-refractivity contribution in [1.29, 1.82) is 0 Å². The summed E-state index contributed by atoms with van der Waals surface area (Å²) >= 11 is 1.36. The van der Waals surface area contributed by atoms with Crippen LogP contribution in [0.5, 0.6) is 0 Å². The van der Waals surface area contributed by atoms with Crippen LogP contribution >= 0.6 is 11.3 Å². The molecule has 0 aliphatic heterocycles. The van der Waals surface area contributed by atoms with E-state index in [-0.39, 0.29) is 5.92 Å². The zero-order valence-electron chi connectivity index (χ0n) is 8.24. The Morgan fingerprint density at radius 1 is 1.77 bits per heavy atom. The Labute approximate surface area is 82.6 Å². The lowest BCUT2D eigenvalue weighted by atomic mass is 9.88. The third-order valence-corrected chi connectivity index (χ3v) is 3.65. The second kappa shape index (κ2) is 3.64. The zero-order chi connectivity index (χ0) is 10.1. The molecule has 0 spiro atoms. The first kappa shape index (κ1) is 10.5. The average molecular weight is 200 g/mol. The van der Waals surface area contributed by atoms with Gasteiger partial charge in [-0.3, -0.25) is 0 Å². The van der Waals surface area contributed by atoms with Crippen molar-refractivity contribution in [3.8, 4) is 0 Å². The third kappa shape index (κ3) is 2.00. The minimum atomic E-state index is -0.802. The maximum Gasteiger partial charge on any atom is 0.180 e. The van der Waals surface area contributed by atoms with Crippen molar-refractivity contribution < 1.29 is 5.11 Å². The van der Waals surface area contributed by atoms with E-state index >= 15 is 0 Å². The highest BCUT2D eigenvalue weighted by atomic mass is 32.1. The molecule has 0 aromatic carbocycles. The van der Waals surface area contributed by atoms with Crippen molar-refractivity contribution in [3.63, 3.8) is 0 Å². The molecule has 0 amide bonds. The summed E-state index contributed by atoms with van der Waals surface area (Å²) in [5.41, 5.74) is 4.71. The molecule has 3 N–H and O–H groups in total. The Bertz CT molecular complexity index is 283. The topological polar surface area (TPSA) is 59.1 Å². The lowest BCUT2D eigenvalue weighted by molar-refractivity contribution is 0.00333. The van der Waals surface area contributed by atoms with E-state index in [2.05, 4.69) is 11.9 Å². The quantitative estimate of drug-likeness (QED) is 0.784. The van der Waals surface area contributed by atoms with Crippen LogP contribution in [0.4, 0.5) is 5.13 Å². The average Bonchev–Trinajstić information content (AvgIpc) is 2.50. The number of hydrogen-bond acceptors (Lipinski definition) is 4. The largest absolute Gasteiger partial charge is 0.384 e. The molecule has 0 aliphatic rings. The summed E-state index contributed by atoms with van der Waals surface area (Å²) in [5, 5.41) is 10.7. The fourth-order valence-electron chi connectivity index (χ4n) is 1.16. The summed E-state index contributed by atoms with van der Waals surface area (Å²) < 4.78 is 0. The molecule has 4 heteroatoms. The molecule has 0 bridgehead atoms. The Morgan fingerprint density at radius 3 is 2.77 bits per heavy atom. The van der Waals surface area contributed by atoms with Crippen molar-refractivity contribution in [2.45, 2.75) is 32.8 Å². The van der Waals surface area contributed by atoms with Crippen LogP contribution in [-0.4, -0.2) is 10.1 Å². The molecule has 0 saturated carbocycles. The van der Waals surface area contributed by atoms with Gasteiger partial charge in [-0.25, -0.2) is 4.98 Å². The summed E-state index contributed by atoms with van der Waals surface area (Å²) in [6.07, 6.45) is 2.59. The lowest BCUT2D eigenvalue weighted by Crippen LogP contribution is -2.28. The van der Waals surface area contributed by atoms with Gasteiger partial charge in [0.2, 0.25) is 0 Å². The Kier molecular flexibility index (Phi) is 2.93. The third-order valence-electron chi connectivity index (χ3n) is 2.59. The van der Waals surface area contributed by atoms with E-state index in [1.54, 1.807) is 6.20 Å². The van der Waals surface area contributed by atoms with E-state index in [0.29, 0.717) is 5.13 Å². The molecule has 1 heterocycles.